The van der Waals surface area contributed by atoms with E-state index in [1.54, 1.807) is 6.07 Å². The minimum atomic E-state index is -4.79. The van der Waals surface area contributed by atoms with Crippen molar-refractivity contribution in [3.63, 3.8) is 0 Å². The third kappa shape index (κ3) is 3.79. The van der Waals surface area contributed by atoms with Crippen LogP contribution in [-0.4, -0.2) is 12.0 Å². The predicted octanol–water partition coefficient (Wildman–Crippen LogP) is 3.35. The Labute approximate surface area is 99.4 Å². The van der Waals surface area contributed by atoms with Gasteiger partial charge in [-0.2, -0.15) is 18.4 Å². The molecule has 0 N–H and O–H groups in total. The number of nitrogens with zero attached hydrogens (tertiary/aromatic N) is 1. The number of rotatable bonds is 3. The van der Waals surface area contributed by atoms with E-state index in [0.717, 1.165) is 6.07 Å². The van der Waals surface area contributed by atoms with Crippen molar-refractivity contribution in [3.8, 4) is 11.8 Å². The van der Waals surface area contributed by atoms with E-state index >= 15 is 0 Å². The third-order valence-electron chi connectivity index (χ3n) is 1.78. The van der Waals surface area contributed by atoms with Crippen molar-refractivity contribution in [2.24, 2.45) is 0 Å². The fourth-order valence-electron chi connectivity index (χ4n) is 1.02. The molecule has 92 valence electrons. The fraction of sp³-hybridized carbons (Fsp3) is 0.300. The van der Waals surface area contributed by atoms with Gasteiger partial charge >= 0.3 is 6.18 Å². The average Bonchev–Trinajstić information content (AvgIpc) is 2.26. The zero-order valence-electron chi connectivity index (χ0n) is 8.26. The summed E-state index contributed by atoms with van der Waals surface area (Å²) in [6.45, 7) is -0.277. The highest BCUT2D eigenvalue weighted by Gasteiger charge is 2.34. The van der Waals surface area contributed by atoms with Crippen LogP contribution in [0.15, 0.2) is 18.2 Å². The van der Waals surface area contributed by atoms with Gasteiger partial charge in [0.05, 0.1) is 11.6 Å². The minimum absolute atomic E-state index is 0.195. The maximum atomic E-state index is 12.9. The second-order valence-corrected chi connectivity index (χ2v) is 3.57. The molecule has 2 nitrogen and oxygen atoms in total. The fourth-order valence-corrected chi connectivity index (χ4v) is 1.08. The van der Waals surface area contributed by atoms with E-state index < -0.39 is 22.9 Å². The summed E-state index contributed by atoms with van der Waals surface area (Å²) in [4.78, 5) is 0. The Bertz CT molecular complexity index is 441. The van der Waals surface area contributed by atoms with Crippen LogP contribution in [0.1, 0.15) is 5.56 Å². The van der Waals surface area contributed by atoms with Gasteiger partial charge in [0.2, 0.25) is 0 Å². The Morgan fingerprint density at radius 3 is 2.59 bits per heavy atom. The molecule has 0 aliphatic heterocycles. The topological polar surface area (TPSA) is 33.0 Å². The van der Waals surface area contributed by atoms with Crippen LogP contribution < -0.4 is 4.74 Å². The Hall–Kier alpha value is -1.48. The van der Waals surface area contributed by atoms with Gasteiger partial charge in [-0.25, -0.2) is 4.39 Å². The molecule has 1 rings (SSSR count). The number of nitriles is 1. The molecule has 0 amide bonds. The standard InChI is InChI=1S/C10H6ClF4NO/c11-6(4-16)5-17-7-1-2-9(12)8(3-7)10(13,14)15/h1-3,6H,5H2. The van der Waals surface area contributed by atoms with Gasteiger partial charge in [-0.15, -0.1) is 11.6 Å². The molecule has 0 aliphatic rings. The molecular formula is C10H6ClF4NO. The van der Waals surface area contributed by atoms with Gasteiger partial charge in [0.25, 0.3) is 0 Å². The maximum absolute atomic E-state index is 12.9. The highest BCUT2D eigenvalue weighted by molar-refractivity contribution is 6.22. The number of alkyl halides is 4. The third-order valence-corrected chi connectivity index (χ3v) is 2.00. The highest BCUT2D eigenvalue weighted by atomic mass is 35.5. The molecule has 0 spiro atoms. The molecule has 0 radical (unpaired) electrons. The molecule has 1 aromatic rings. The molecule has 0 heterocycles. The smallest absolute Gasteiger partial charge is 0.419 e. The van der Waals surface area contributed by atoms with E-state index in [0.29, 0.717) is 12.1 Å². The summed E-state index contributed by atoms with van der Waals surface area (Å²) >= 11 is 5.39. The number of hydrogen-bond donors (Lipinski definition) is 0. The second kappa shape index (κ2) is 5.23. The van der Waals surface area contributed by atoms with Gasteiger partial charge in [-0.05, 0) is 18.2 Å². The molecule has 0 aromatic heterocycles. The summed E-state index contributed by atoms with van der Waals surface area (Å²) in [5.41, 5.74) is -1.42. The maximum Gasteiger partial charge on any atom is 0.419 e. The quantitative estimate of drug-likeness (QED) is 0.621. The summed E-state index contributed by atoms with van der Waals surface area (Å²) in [6.07, 6.45) is -4.79. The van der Waals surface area contributed by atoms with Gasteiger partial charge < -0.3 is 4.74 Å². The first kappa shape index (κ1) is 13.6. The SMILES string of the molecule is N#CC(Cl)COc1ccc(F)c(C(F)(F)F)c1. The molecule has 0 fully saturated rings. The van der Waals surface area contributed by atoms with Crippen LogP contribution in [0.5, 0.6) is 5.75 Å². The summed E-state index contributed by atoms with van der Waals surface area (Å²) in [5.74, 6) is -1.58. The molecule has 0 saturated heterocycles. The van der Waals surface area contributed by atoms with Crippen molar-refractivity contribution in [3.05, 3.63) is 29.6 Å². The lowest BCUT2D eigenvalue weighted by Gasteiger charge is -2.11. The van der Waals surface area contributed by atoms with Crippen LogP contribution in [0, 0.1) is 17.1 Å². The number of ether oxygens (including phenoxy) is 1. The number of halogens is 5. The van der Waals surface area contributed by atoms with E-state index in [9.17, 15) is 17.6 Å². The molecule has 0 bridgehead atoms. The van der Waals surface area contributed by atoms with Crippen LogP contribution in [0.3, 0.4) is 0 Å². The average molecular weight is 268 g/mol. The largest absolute Gasteiger partial charge is 0.491 e. The Kier molecular flexibility index (Phi) is 4.18. The molecule has 0 saturated carbocycles. The van der Waals surface area contributed by atoms with Gasteiger partial charge in [-0.3, -0.25) is 0 Å². The molecular weight excluding hydrogens is 262 g/mol. The van der Waals surface area contributed by atoms with Gasteiger partial charge in [0, 0.05) is 0 Å². The molecule has 17 heavy (non-hydrogen) atoms. The lowest BCUT2D eigenvalue weighted by Crippen LogP contribution is -2.11. The first-order valence-electron chi connectivity index (χ1n) is 4.38. The number of benzene rings is 1. The Balaban J connectivity index is 2.87. The van der Waals surface area contributed by atoms with Crippen LogP contribution in [0.4, 0.5) is 17.6 Å². The van der Waals surface area contributed by atoms with Crippen molar-refractivity contribution in [1.29, 1.82) is 5.26 Å². The lowest BCUT2D eigenvalue weighted by atomic mass is 10.2. The normalized spacial score (nSPS) is 12.9. The Morgan fingerprint density at radius 2 is 2.06 bits per heavy atom. The van der Waals surface area contributed by atoms with Gasteiger partial charge in [0.1, 0.15) is 18.2 Å². The van der Waals surface area contributed by atoms with Crippen molar-refractivity contribution >= 4 is 11.6 Å². The van der Waals surface area contributed by atoms with E-state index in [1.165, 1.54) is 0 Å². The first-order chi connectivity index (χ1) is 7.84. The van der Waals surface area contributed by atoms with Crippen LogP contribution in [-0.2, 0) is 6.18 Å². The first-order valence-corrected chi connectivity index (χ1v) is 4.81. The number of hydrogen-bond acceptors (Lipinski definition) is 2. The van der Waals surface area contributed by atoms with Crippen molar-refractivity contribution in [2.75, 3.05) is 6.61 Å². The molecule has 7 heteroatoms. The summed E-state index contributed by atoms with van der Waals surface area (Å²) in [7, 11) is 0. The van der Waals surface area contributed by atoms with Crippen LogP contribution in [0.2, 0.25) is 0 Å². The van der Waals surface area contributed by atoms with E-state index in [2.05, 4.69) is 0 Å². The van der Waals surface area contributed by atoms with E-state index in [4.69, 9.17) is 21.6 Å². The van der Waals surface area contributed by atoms with E-state index in [-0.39, 0.29) is 12.4 Å². The second-order valence-electron chi connectivity index (χ2n) is 3.05. The zero-order valence-corrected chi connectivity index (χ0v) is 9.02. The summed E-state index contributed by atoms with van der Waals surface area (Å²) in [5, 5.41) is 7.36. The molecule has 1 aromatic carbocycles. The van der Waals surface area contributed by atoms with Crippen molar-refractivity contribution in [2.45, 2.75) is 11.6 Å². The monoisotopic (exact) mass is 267 g/mol. The Morgan fingerprint density at radius 1 is 1.41 bits per heavy atom. The van der Waals surface area contributed by atoms with Crippen molar-refractivity contribution < 1.29 is 22.3 Å². The molecule has 1 unspecified atom stereocenters. The van der Waals surface area contributed by atoms with Crippen molar-refractivity contribution in [1.82, 2.24) is 0 Å². The lowest BCUT2D eigenvalue weighted by molar-refractivity contribution is -0.140. The van der Waals surface area contributed by atoms with Crippen LogP contribution >= 0.6 is 11.6 Å². The molecule has 0 aliphatic carbocycles. The van der Waals surface area contributed by atoms with Crippen LogP contribution in [0.25, 0.3) is 0 Å². The summed E-state index contributed by atoms with van der Waals surface area (Å²) < 4.78 is 54.7. The predicted molar refractivity (Wildman–Crippen MR) is 52.2 cm³/mol. The summed E-state index contributed by atoms with van der Waals surface area (Å²) in [6, 6.07) is 3.84. The minimum Gasteiger partial charge on any atom is -0.491 e. The van der Waals surface area contributed by atoms with E-state index in [1.807, 2.05) is 0 Å². The molecule has 1 atom stereocenters. The van der Waals surface area contributed by atoms with Gasteiger partial charge in [0.15, 0.2) is 5.38 Å². The zero-order chi connectivity index (χ0) is 13.1. The van der Waals surface area contributed by atoms with Gasteiger partial charge in [-0.1, -0.05) is 0 Å². The highest BCUT2D eigenvalue weighted by Crippen LogP contribution is 2.33.